The molecule has 2 amide bonds. The maximum absolute atomic E-state index is 12.9. The van der Waals surface area contributed by atoms with Crippen molar-refractivity contribution in [1.29, 1.82) is 0 Å². The number of hydrogen-bond donors (Lipinski definition) is 2. The SMILES string of the molecule is CCN(Cc1ccncc1)C(=O)c1ccc(NC(=O)/C=C/c2n[nH]c3ccccc23)cc1. The van der Waals surface area contributed by atoms with Crippen LogP contribution in [-0.2, 0) is 11.3 Å². The summed E-state index contributed by atoms with van der Waals surface area (Å²) in [5.41, 5.74) is 3.82. The Kier molecular flexibility index (Phi) is 6.36. The van der Waals surface area contributed by atoms with Crippen molar-refractivity contribution in [3.63, 3.8) is 0 Å². The van der Waals surface area contributed by atoms with Gasteiger partial charge in [-0.05, 0) is 61.0 Å². The lowest BCUT2D eigenvalue weighted by molar-refractivity contribution is -0.111. The number of nitrogens with one attached hydrogen (secondary N) is 2. The molecule has 0 bridgehead atoms. The standard InChI is InChI=1S/C25H23N5O2/c1-2-30(17-18-13-15-26-16-14-18)25(32)19-7-9-20(10-8-19)27-24(31)12-11-23-21-5-3-4-6-22(21)28-29-23/h3-16H,2,17H2,1H3,(H,27,31)(H,28,29)/b12-11+. The molecule has 160 valence electrons. The van der Waals surface area contributed by atoms with E-state index in [4.69, 9.17) is 0 Å². The van der Waals surface area contributed by atoms with E-state index in [1.807, 2.05) is 43.3 Å². The predicted molar refractivity (Wildman–Crippen MR) is 125 cm³/mol. The van der Waals surface area contributed by atoms with Crippen LogP contribution in [0.1, 0.15) is 28.5 Å². The highest BCUT2D eigenvalue weighted by Gasteiger charge is 2.14. The summed E-state index contributed by atoms with van der Waals surface area (Å²) in [4.78, 5) is 30.9. The molecule has 4 rings (SSSR count). The monoisotopic (exact) mass is 425 g/mol. The smallest absolute Gasteiger partial charge is 0.254 e. The van der Waals surface area contributed by atoms with E-state index in [-0.39, 0.29) is 11.8 Å². The Morgan fingerprint density at radius 1 is 1.03 bits per heavy atom. The van der Waals surface area contributed by atoms with Crippen LogP contribution in [0.25, 0.3) is 17.0 Å². The summed E-state index contributed by atoms with van der Waals surface area (Å²) in [5.74, 6) is -0.337. The van der Waals surface area contributed by atoms with Crippen molar-refractivity contribution in [1.82, 2.24) is 20.1 Å². The molecule has 0 unspecified atom stereocenters. The van der Waals surface area contributed by atoms with Crippen molar-refractivity contribution >= 4 is 34.5 Å². The van der Waals surface area contributed by atoms with Crippen LogP contribution in [0.3, 0.4) is 0 Å². The topological polar surface area (TPSA) is 91.0 Å². The van der Waals surface area contributed by atoms with E-state index in [2.05, 4.69) is 20.5 Å². The first kappa shape index (κ1) is 21.0. The molecular weight excluding hydrogens is 402 g/mol. The number of fused-ring (bicyclic) bond motifs is 1. The lowest BCUT2D eigenvalue weighted by Gasteiger charge is -2.21. The predicted octanol–water partition coefficient (Wildman–Crippen LogP) is 4.27. The number of nitrogens with zero attached hydrogens (tertiary/aromatic N) is 3. The molecule has 4 aromatic rings. The Morgan fingerprint density at radius 3 is 2.53 bits per heavy atom. The average molecular weight is 425 g/mol. The van der Waals surface area contributed by atoms with E-state index in [1.165, 1.54) is 6.08 Å². The van der Waals surface area contributed by atoms with E-state index >= 15 is 0 Å². The Bertz CT molecular complexity index is 1250. The van der Waals surface area contributed by atoms with Crippen molar-refractivity contribution in [2.45, 2.75) is 13.5 Å². The first-order valence-electron chi connectivity index (χ1n) is 10.3. The normalized spacial score (nSPS) is 11.0. The maximum Gasteiger partial charge on any atom is 0.254 e. The van der Waals surface area contributed by atoms with Crippen molar-refractivity contribution in [3.8, 4) is 0 Å². The van der Waals surface area contributed by atoms with Gasteiger partial charge in [-0.3, -0.25) is 19.7 Å². The molecule has 0 saturated heterocycles. The lowest BCUT2D eigenvalue weighted by Crippen LogP contribution is -2.30. The van der Waals surface area contributed by atoms with E-state index in [9.17, 15) is 9.59 Å². The van der Waals surface area contributed by atoms with Crippen LogP contribution >= 0.6 is 0 Å². The Hall–Kier alpha value is -4.26. The molecular formula is C25H23N5O2. The number of para-hydroxylation sites is 1. The van der Waals surface area contributed by atoms with E-state index in [0.717, 1.165) is 16.5 Å². The number of pyridine rings is 1. The summed E-state index contributed by atoms with van der Waals surface area (Å²) in [5, 5.41) is 10.9. The Morgan fingerprint density at radius 2 is 1.78 bits per heavy atom. The van der Waals surface area contributed by atoms with Gasteiger partial charge >= 0.3 is 0 Å². The molecule has 0 radical (unpaired) electrons. The van der Waals surface area contributed by atoms with E-state index in [0.29, 0.717) is 30.0 Å². The summed E-state index contributed by atoms with van der Waals surface area (Å²) in [6.07, 6.45) is 6.54. The van der Waals surface area contributed by atoms with Gasteiger partial charge in [-0.25, -0.2) is 0 Å². The molecule has 0 aliphatic rings. The number of aromatic nitrogens is 3. The van der Waals surface area contributed by atoms with Gasteiger partial charge < -0.3 is 10.2 Å². The van der Waals surface area contributed by atoms with Gasteiger partial charge in [0, 0.05) is 48.2 Å². The second kappa shape index (κ2) is 9.70. The van der Waals surface area contributed by atoms with Crippen molar-refractivity contribution in [2.24, 2.45) is 0 Å². The minimum absolute atomic E-state index is 0.0625. The Labute approximate surface area is 185 Å². The third-order valence-electron chi connectivity index (χ3n) is 5.08. The summed E-state index contributed by atoms with van der Waals surface area (Å²) >= 11 is 0. The number of benzene rings is 2. The van der Waals surface area contributed by atoms with Crippen LogP contribution in [0.15, 0.2) is 79.1 Å². The summed E-state index contributed by atoms with van der Waals surface area (Å²) in [6, 6.07) is 18.4. The fraction of sp³-hybridized carbons (Fsp3) is 0.120. The maximum atomic E-state index is 12.9. The molecule has 2 heterocycles. The quantitative estimate of drug-likeness (QED) is 0.433. The minimum atomic E-state index is -0.274. The number of hydrogen-bond acceptors (Lipinski definition) is 4. The number of amides is 2. The summed E-state index contributed by atoms with van der Waals surface area (Å²) < 4.78 is 0. The van der Waals surface area contributed by atoms with Crippen LogP contribution in [-0.4, -0.2) is 38.4 Å². The minimum Gasteiger partial charge on any atom is -0.335 e. The number of carbonyl (C=O) groups is 2. The number of rotatable bonds is 7. The van der Waals surface area contributed by atoms with Crippen molar-refractivity contribution in [3.05, 3.63) is 96.0 Å². The van der Waals surface area contributed by atoms with Crippen LogP contribution in [0.2, 0.25) is 0 Å². The van der Waals surface area contributed by atoms with Gasteiger partial charge in [-0.1, -0.05) is 18.2 Å². The van der Waals surface area contributed by atoms with Gasteiger partial charge in [0.25, 0.3) is 5.91 Å². The molecule has 0 saturated carbocycles. The van der Waals surface area contributed by atoms with Crippen molar-refractivity contribution in [2.75, 3.05) is 11.9 Å². The molecule has 7 nitrogen and oxygen atoms in total. The summed E-state index contributed by atoms with van der Waals surface area (Å²) in [6.45, 7) is 3.05. The second-order valence-electron chi connectivity index (χ2n) is 7.23. The molecule has 0 spiro atoms. The second-order valence-corrected chi connectivity index (χ2v) is 7.23. The average Bonchev–Trinajstić information content (AvgIpc) is 3.25. The first-order valence-corrected chi connectivity index (χ1v) is 10.3. The number of aromatic amines is 1. The molecule has 0 fully saturated rings. The zero-order valence-corrected chi connectivity index (χ0v) is 17.7. The highest BCUT2D eigenvalue weighted by atomic mass is 16.2. The third kappa shape index (κ3) is 4.89. The molecule has 7 heteroatoms. The fourth-order valence-electron chi connectivity index (χ4n) is 3.36. The summed E-state index contributed by atoms with van der Waals surface area (Å²) in [7, 11) is 0. The molecule has 2 N–H and O–H groups in total. The third-order valence-corrected chi connectivity index (χ3v) is 5.08. The van der Waals surface area contributed by atoms with E-state index < -0.39 is 0 Å². The lowest BCUT2D eigenvalue weighted by atomic mass is 10.1. The molecule has 0 aliphatic heterocycles. The number of carbonyl (C=O) groups excluding carboxylic acids is 2. The zero-order valence-electron chi connectivity index (χ0n) is 17.7. The van der Waals surface area contributed by atoms with Gasteiger partial charge in [0.05, 0.1) is 11.2 Å². The highest BCUT2D eigenvalue weighted by molar-refractivity contribution is 6.03. The highest BCUT2D eigenvalue weighted by Crippen LogP contribution is 2.17. The fourth-order valence-corrected chi connectivity index (χ4v) is 3.36. The largest absolute Gasteiger partial charge is 0.335 e. The van der Waals surface area contributed by atoms with Gasteiger partial charge in [-0.15, -0.1) is 0 Å². The van der Waals surface area contributed by atoms with Crippen molar-refractivity contribution < 1.29 is 9.59 Å². The Balaban J connectivity index is 1.38. The number of anilines is 1. The molecule has 2 aromatic carbocycles. The van der Waals surface area contributed by atoms with Crippen LogP contribution in [0.5, 0.6) is 0 Å². The zero-order chi connectivity index (χ0) is 22.3. The van der Waals surface area contributed by atoms with E-state index in [1.54, 1.807) is 47.6 Å². The van der Waals surface area contributed by atoms with Crippen LogP contribution < -0.4 is 5.32 Å². The first-order chi connectivity index (χ1) is 15.6. The van der Waals surface area contributed by atoms with Gasteiger partial charge in [0.1, 0.15) is 0 Å². The molecule has 0 aliphatic carbocycles. The molecule has 32 heavy (non-hydrogen) atoms. The van der Waals surface area contributed by atoms with Crippen LogP contribution in [0.4, 0.5) is 5.69 Å². The molecule has 0 atom stereocenters. The van der Waals surface area contributed by atoms with Gasteiger partial charge in [-0.2, -0.15) is 5.10 Å². The number of H-pyrrole nitrogens is 1. The van der Waals surface area contributed by atoms with Crippen LogP contribution in [0, 0.1) is 0 Å². The van der Waals surface area contributed by atoms with Gasteiger partial charge in [0.15, 0.2) is 0 Å². The van der Waals surface area contributed by atoms with Gasteiger partial charge in [0.2, 0.25) is 5.91 Å². The molecule has 2 aromatic heterocycles.